The molecule has 0 amide bonds. The summed E-state index contributed by atoms with van der Waals surface area (Å²) < 4.78 is 0. The molecule has 0 aliphatic heterocycles. The number of hydrogen-bond acceptors (Lipinski definition) is 4. The minimum atomic E-state index is 0.938. The highest BCUT2D eigenvalue weighted by Gasteiger charge is 2.02. The highest BCUT2D eigenvalue weighted by atomic mass is 32.1. The fraction of sp³-hybridized carbons (Fsp3) is 0. The molecule has 0 atom stereocenters. The summed E-state index contributed by atoms with van der Waals surface area (Å²) in [6.07, 6.45) is 1.81. The van der Waals surface area contributed by atoms with E-state index >= 15 is 0 Å². The van der Waals surface area contributed by atoms with E-state index in [1.165, 1.54) is 11.3 Å². The van der Waals surface area contributed by atoms with E-state index in [1.54, 1.807) is 11.7 Å². The molecule has 5 heteroatoms. The number of benzene rings is 1. The minimum Gasteiger partial charge on any atom is -0.278 e. The molecule has 0 bridgehead atoms. The fourth-order valence-electron chi connectivity index (χ4n) is 1.37. The summed E-state index contributed by atoms with van der Waals surface area (Å²) in [6.45, 7) is 0. The van der Waals surface area contributed by atoms with Crippen LogP contribution in [0.1, 0.15) is 0 Å². The van der Waals surface area contributed by atoms with Crippen LogP contribution in [0.5, 0.6) is 0 Å². The molecule has 0 aliphatic carbocycles. The molecule has 2 aromatic heterocycles. The van der Waals surface area contributed by atoms with Crippen LogP contribution >= 0.6 is 11.3 Å². The molecule has 3 aromatic rings. The van der Waals surface area contributed by atoms with Crippen molar-refractivity contribution in [2.75, 3.05) is 0 Å². The molecule has 0 saturated carbocycles. The van der Waals surface area contributed by atoms with Crippen molar-refractivity contribution in [3.63, 3.8) is 0 Å². The van der Waals surface area contributed by atoms with Crippen LogP contribution in [-0.2, 0) is 0 Å². The van der Waals surface area contributed by atoms with Gasteiger partial charge in [0.2, 0.25) is 0 Å². The van der Waals surface area contributed by atoms with Gasteiger partial charge in [-0.3, -0.25) is 5.10 Å². The number of aromatic amines is 1. The second kappa shape index (κ2) is 2.88. The van der Waals surface area contributed by atoms with Crippen molar-refractivity contribution in [2.45, 2.75) is 0 Å². The van der Waals surface area contributed by atoms with E-state index in [0.29, 0.717) is 0 Å². The molecule has 1 N–H and O–H groups in total. The number of H-pyrrole nitrogens is 1. The standard InChI is InChI=1S/C9H6N4S/c1-2-8-7(4-10-12-8)3-6(1)9-13-11-5-14-9/h1-5H,(H,10,12). The fourth-order valence-corrected chi connectivity index (χ4v) is 1.93. The lowest BCUT2D eigenvalue weighted by atomic mass is 10.2. The molecule has 0 spiro atoms. The summed E-state index contributed by atoms with van der Waals surface area (Å²) in [7, 11) is 0. The molecule has 0 unspecified atom stereocenters. The molecule has 4 nitrogen and oxygen atoms in total. The SMILES string of the molecule is c1nnc(-c2ccc3[nH]ncc3c2)s1. The zero-order valence-corrected chi connectivity index (χ0v) is 7.95. The predicted octanol–water partition coefficient (Wildman–Crippen LogP) is 2.08. The molecule has 0 radical (unpaired) electrons. The normalized spacial score (nSPS) is 10.9. The van der Waals surface area contributed by atoms with E-state index in [4.69, 9.17) is 0 Å². The van der Waals surface area contributed by atoms with Crippen LogP contribution in [0.4, 0.5) is 0 Å². The Bertz CT molecular complexity index is 555. The zero-order chi connectivity index (χ0) is 9.38. The maximum Gasteiger partial charge on any atom is 0.147 e. The van der Waals surface area contributed by atoms with E-state index in [-0.39, 0.29) is 0 Å². The van der Waals surface area contributed by atoms with Gasteiger partial charge in [0.1, 0.15) is 10.5 Å². The summed E-state index contributed by atoms with van der Waals surface area (Å²) in [5, 5.41) is 16.7. The monoisotopic (exact) mass is 202 g/mol. The molecule has 0 fully saturated rings. The molecule has 3 rings (SSSR count). The van der Waals surface area contributed by atoms with Gasteiger partial charge in [-0.15, -0.1) is 10.2 Å². The Hall–Kier alpha value is -1.75. The van der Waals surface area contributed by atoms with Gasteiger partial charge in [-0.1, -0.05) is 11.3 Å². The molecule has 2 heterocycles. The quantitative estimate of drug-likeness (QED) is 0.657. The Morgan fingerprint density at radius 2 is 2.29 bits per heavy atom. The Kier molecular flexibility index (Phi) is 1.57. The van der Waals surface area contributed by atoms with Crippen molar-refractivity contribution in [2.24, 2.45) is 0 Å². The number of nitrogens with one attached hydrogen (secondary N) is 1. The zero-order valence-electron chi connectivity index (χ0n) is 7.14. The third kappa shape index (κ3) is 1.10. The Balaban J connectivity index is 2.23. The van der Waals surface area contributed by atoms with Crippen LogP contribution in [0, 0.1) is 0 Å². The van der Waals surface area contributed by atoms with Gasteiger partial charge in [-0.05, 0) is 18.2 Å². The summed E-state index contributed by atoms with van der Waals surface area (Å²) in [6, 6.07) is 6.07. The number of rotatable bonds is 1. The van der Waals surface area contributed by atoms with Crippen LogP contribution in [-0.4, -0.2) is 20.4 Å². The molecule has 0 saturated heterocycles. The molecular formula is C9H6N4S. The van der Waals surface area contributed by atoms with Crippen molar-refractivity contribution in [3.05, 3.63) is 29.9 Å². The largest absolute Gasteiger partial charge is 0.278 e. The van der Waals surface area contributed by atoms with E-state index in [0.717, 1.165) is 21.5 Å². The predicted molar refractivity (Wildman–Crippen MR) is 55.0 cm³/mol. The maximum atomic E-state index is 4.02. The van der Waals surface area contributed by atoms with Crippen LogP contribution < -0.4 is 0 Å². The molecule has 14 heavy (non-hydrogen) atoms. The van der Waals surface area contributed by atoms with E-state index < -0.39 is 0 Å². The third-order valence-corrected chi connectivity index (χ3v) is 2.79. The van der Waals surface area contributed by atoms with Gasteiger partial charge in [0.15, 0.2) is 0 Å². The number of aromatic nitrogens is 4. The van der Waals surface area contributed by atoms with Crippen molar-refractivity contribution in [1.29, 1.82) is 0 Å². The summed E-state index contributed by atoms with van der Waals surface area (Å²) in [5.74, 6) is 0. The summed E-state index contributed by atoms with van der Waals surface area (Å²) in [5.41, 5.74) is 3.86. The van der Waals surface area contributed by atoms with Gasteiger partial charge >= 0.3 is 0 Å². The smallest absolute Gasteiger partial charge is 0.147 e. The average molecular weight is 202 g/mol. The second-order valence-electron chi connectivity index (χ2n) is 2.92. The van der Waals surface area contributed by atoms with Crippen LogP contribution in [0.15, 0.2) is 29.9 Å². The summed E-state index contributed by atoms with van der Waals surface area (Å²) >= 11 is 1.53. The van der Waals surface area contributed by atoms with Gasteiger partial charge in [0, 0.05) is 10.9 Å². The van der Waals surface area contributed by atoms with Crippen LogP contribution in [0.25, 0.3) is 21.5 Å². The Morgan fingerprint density at radius 3 is 3.14 bits per heavy atom. The highest BCUT2D eigenvalue weighted by Crippen LogP contribution is 2.23. The average Bonchev–Trinajstić information content (AvgIpc) is 2.88. The number of fused-ring (bicyclic) bond motifs is 1. The lowest BCUT2D eigenvalue weighted by Crippen LogP contribution is -1.76. The molecule has 0 aliphatic rings. The summed E-state index contributed by atoms with van der Waals surface area (Å²) in [4.78, 5) is 0. The van der Waals surface area contributed by atoms with E-state index in [1.807, 2.05) is 12.1 Å². The van der Waals surface area contributed by atoms with Gasteiger partial charge in [-0.2, -0.15) is 5.10 Å². The molecule has 1 aromatic carbocycles. The lowest BCUT2D eigenvalue weighted by Gasteiger charge is -1.94. The third-order valence-electron chi connectivity index (χ3n) is 2.05. The molecular weight excluding hydrogens is 196 g/mol. The van der Waals surface area contributed by atoms with Gasteiger partial charge in [0.25, 0.3) is 0 Å². The second-order valence-corrected chi connectivity index (χ2v) is 3.75. The van der Waals surface area contributed by atoms with Gasteiger partial charge in [0.05, 0.1) is 11.7 Å². The first-order chi connectivity index (χ1) is 6.93. The van der Waals surface area contributed by atoms with Crippen LogP contribution in [0.2, 0.25) is 0 Å². The maximum absolute atomic E-state index is 4.02. The topological polar surface area (TPSA) is 54.5 Å². The number of nitrogens with zero attached hydrogens (tertiary/aromatic N) is 3. The Labute approximate surface area is 83.6 Å². The van der Waals surface area contributed by atoms with E-state index in [9.17, 15) is 0 Å². The lowest BCUT2D eigenvalue weighted by molar-refractivity contribution is 1.10. The van der Waals surface area contributed by atoms with E-state index in [2.05, 4.69) is 26.5 Å². The van der Waals surface area contributed by atoms with Crippen molar-refractivity contribution in [3.8, 4) is 10.6 Å². The van der Waals surface area contributed by atoms with Crippen LogP contribution in [0.3, 0.4) is 0 Å². The van der Waals surface area contributed by atoms with Crippen molar-refractivity contribution in [1.82, 2.24) is 20.4 Å². The first-order valence-corrected chi connectivity index (χ1v) is 5.01. The highest BCUT2D eigenvalue weighted by molar-refractivity contribution is 7.12. The first kappa shape index (κ1) is 7.64. The Morgan fingerprint density at radius 1 is 1.29 bits per heavy atom. The van der Waals surface area contributed by atoms with Gasteiger partial charge in [-0.25, -0.2) is 0 Å². The first-order valence-electron chi connectivity index (χ1n) is 4.13. The van der Waals surface area contributed by atoms with Gasteiger partial charge < -0.3 is 0 Å². The number of hydrogen-bond donors (Lipinski definition) is 1. The van der Waals surface area contributed by atoms with Crippen molar-refractivity contribution >= 4 is 22.2 Å². The molecule has 68 valence electrons. The minimum absolute atomic E-state index is 0.938. The van der Waals surface area contributed by atoms with Crippen molar-refractivity contribution < 1.29 is 0 Å².